The Morgan fingerprint density at radius 2 is 1.90 bits per heavy atom. The molecule has 6 rings (SSSR count). The van der Waals surface area contributed by atoms with E-state index in [0.29, 0.717) is 5.92 Å². The summed E-state index contributed by atoms with van der Waals surface area (Å²) in [5.74, 6) is 1.32. The third-order valence-corrected chi connectivity index (χ3v) is 8.04. The Hall–Kier alpha value is -3.93. The summed E-state index contributed by atoms with van der Waals surface area (Å²) in [5, 5.41) is 3.18. The van der Waals surface area contributed by atoms with E-state index in [4.69, 9.17) is 9.73 Å². The average Bonchev–Trinajstić information content (AvgIpc) is 3.30. The highest BCUT2D eigenvalue weighted by molar-refractivity contribution is 6.01. The Morgan fingerprint density at radius 3 is 2.54 bits per heavy atom. The highest BCUT2D eigenvalue weighted by Gasteiger charge is 2.43. The van der Waals surface area contributed by atoms with Gasteiger partial charge in [0.25, 0.3) is 0 Å². The number of fused-ring (bicyclic) bond motifs is 1. The lowest BCUT2D eigenvalue weighted by atomic mass is 9.71. The molecule has 3 unspecified atom stereocenters. The molecule has 4 aliphatic rings. The van der Waals surface area contributed by atoms with E-state index in [9.17, 15) is 4.79 Å². The number of nitrogens with one attached hydrogen (secondary N) is 1. The van der Waals surface area contributed by atoms with Crippen LogP contribution in [0.15, 0.2) is 96.3 Å². The molecule has 200 valence electrons. The summed E-state index contributed by atoms with van der Waals surface area (Å²) >= 11 is 0. The number of benzene rings is 1. The zero-order chi connectivity index (χ0) is 27.0. The molecular weight excluding hydrogens is 484 g/mol. The number of aromatic nitrogens is 1. The van der Waals surface area contributed by atoms with Crippen LogP contribution in [0.2, 0.25) is 0 Å². The Labute approximate surface area is 230 Å². The number of carbonyl (C=O) groups excluding carboxylic acids is 1. The molecule has 2 aliphatic heterocycles. The molecule has 1 N–H and O–H groups in total. The third kappa shape index (κ3) is 5.08. The lowest BCUT2D eigenvalue weighted by molar-refractivity contribution is 0.0377. The van der Waals surface area contributed by atoms with Crippen molar-refractivity contribution in [3.8, 4) is 0 Å². The molecule has 2 aromatic rings. The summed E-state index contributed by atoms with van der Waals surface area (Å²) in [5.41, 5.74) is 3.47. The largest absolute Gasteiger partial charge is 0.444 e. The molecule has 1 fully saturated rings. The predicted octanol–water partition coefficient (Wildman–Crippen LogP) is 6.85. The van der Waals surface area contributed by atoms with E-state index < -0.39 is 5.60 Å². The van der Waals surface area contributed by atoms with Crippen LogP contribution in [0, 0.1) is 5.92 Å². The van der Waals surface area contributed by atoms with Crippen LogP contribution in [0.1, 0.15) is 69.3 Å². The Kier molecular flexibility index (Phi) is 6.49. The lowest BCUT2D eigenvalue weighted by Gasteiger charge is -2.43. The van der Waals surface area contributed by atoms with Gasteiger partial charge in [0.15, 0.2) is 0 Å². The number of aliphatic imine (C=N–C) groups is 1. The van der Waals surface area contributed by atoms with Gasteiger partial charge in [-0.15, -0.1) is 0 Å². The number of hydrogen-bond acceptors (Lipinski definition) is 5. The first-order valence-electron chi connectivity index (χ1n) is 13.9. The zero-order valence-electron chi connectivity index (χ0n) is 22.9. The van der Waals surface area contributed by atoms with Crippen molar-refractivity contribution in [1.29, 1.82) is 0 Å². The molecule has 0 saturated heterocycles. The first-order valence-corrected chi connectivity index (χ1v) is 13.9. The van der Waals surface area contributed by atoms with Crippen LogP contribution in [0.25, 0.3) is 5.57 Å². The van der Waals surface area contributed by atoms with Gasteiger partial charge in [-0.05, 0) is 81.9 Å². The second-order valence-electron chi connectivity index (χ2n) is 11.9. The second-order valence-corrected chi connectivity index (χ2v) is 11.9. The second kappa shape index (κ2) is 9.99. The minimum Gasteiger partial charge on any atom is -0.444 e. The van der Waals surface area contributed by atoms with Crippen molar-refractivity contribution in [2.24, 2.45) is 10.9 Å². The summed E-state index contributed by atoms with van der Waals surface area (Å²) in [6, 6.07) is 14.9. The maximum atomic E-state index is 12.6. The molecule has 6 heteroatoms. The number of carbonyl (C=O) groups is 1. The number of amidine groups is 1. The number of allylic oxidation sites excluding steroid dienone is 5. The van der Waals surface area contributed by atoms with Crippen LogP contribution in [0.3, 0.4) is 0 Å². The van der Waals surface area contributed by atoms with Gasteiger partial charge in [-0.1, -0.05) is 54.6 Å². The Morgan fingerprint density at radius 1 is 1.08 bits per heavy atom. The molecule has 0 spiro atoms. The first-order chi connectivity index (χ1) is 18.8. The minimum absolute atomic E-state index is 0.00432. The van der Waals surface area contributed by atoms with Crippen LogP contribution in [-0.2, 0) is 10.3 Å². The van der Waals surface area contributed by atoms with Crippen molar-refractivity contribution in [3.05, 3.63) is 108 Å². The summed E-state index contributed by atoms with van der Waals surface area (Å²) in [7, 11) is 0. The van der Waals surface area contributed by atoms with Crippen LogP contribution in [0.4, 0.5) is 4.79 Å². The van der Waals surface area contributed by atoms with E-state index in [0.717, 1.165) is 48.3 Å². The summed E-state index contributed by atoms with van der Waals surface area (Å²) in [6.45, 7) is 5.68. The standard InChI is InChI=1S/C33H36N4O2/c1-32(2,3)39-31(38)36-33(19-9-20-33)26-16-13-23(14-17-26)29-30(24-10-5-4-6-11-24)37-22-25(15-18-28(37)35-29)27-12-7-8-21-34-27/h4-8,10,12-18,21-22,24,29-30H,9,11,19-20H2,1-3H3,(H,36,38). The number of rotatable bonds is 5. The van der Waals surface area contributed by atoms with Crippen LogP contribution >= 0.6 is 0 Å². The van der Waals surface area contributed by atoms with E-state index >= 15 is 0 Å². The molecule has 0 radical (unpaired) electrons. The smallest absolute Gasteiger partial charge is 0.408 e. The van der Waals surface area contributed by atoms with Gasteiger partial charge < -0.3 is 15.0 Å². The van der Waals surface area contributed by atoms with E-state index in [2.05, 4.69) is 82.1 Å². The fraction of sp³-hybridized carbons (Fsp3) is 0.364. The summed E-state index contributed by atoms with van der Waals surface area (Å²) in [4.78, 5) is 24.8. The minimum atomic E-state index is -0.524. The molecule has 0 bridgehead atoms. The van der Waals surface area contributed by atoms with Gasteiger partial charge >= 0.3 is 6.09 Å². The lowest BCUT2D eigenvalue weighted by Crippen LogP contribution is -2.52. The van der Waals surface area contributed by atoms with E-state index in [-0.39, 0.29) is 23.7 Å². The van der Waals surface area contributed by atoms with Gasteiger partial charge in [-0.25, -0.2) is 4.79 Å². The number of alkyl carbamates (subject to hydrolysis) is 1. The first kappa shape index (κ1) is 25.4. The molecule has 1 amide bonds. The van der Waals surface area contributed by atoms with E-state index in [1.807, 2.05) is 45.2 Å². The number of amides is 1. The van der Waals surface area contributed by atoms with Crippen molar-refractivity contribution in [2.45, 2.75) is 69.7 Å². The maximum Gasteiger partial charge on any atom is 0.408 e. The van der Waals surface area contributed by atoms with Crippen LogP contribution < -0.4 is 5.32 Å². The van der Waals surface area contributed by atoms with E-state index in [1.165, 1.54) is 5.56 Å². The molecule has 1 aromatic heterocycles. The van der Waals surface area contributed by atoms with Crippen LogP contribution in [-0.4, -0.2) is 33.5 Å². The molecule has 1 aromatic carbocycles. The summed E-state index contributed by atoms with van der Waals surface area (Å²) < 4.78 is 5.57. The Balaban J connectivity index is 1.28. The number of nitrogens with zero attached hydrogens (tertiary/aromatic N) is 3. The molecular formula is C33H36N4O2. The van der Waals surface area contributed by atoms with Gasteiger partial charge in [0.1, 0.15) is 11.4 Å². The zero-order valence-corrected chi connectivity index (χ0v) is 22.9. The van der Waals surface area contributed by atoms with Gasteiger partial charge in [0.05, 0.1) is 23.3 Å². The fourth-order valence-electron chi connectivity index (χ4n) is 5.99. The summed E-state index contributed by atoms with van der Waals surface area (Å²) in [6.07, 6.45) is 20.6. The van der Waals surface area contributed by atoms with Gasteiger partial charge in [-0.2, -0.15) is 0 Å². The molecule has 3 atom stereocenters. The number of hydrogen-bond donors (Lipinski definition) is 1. The van der Waals surface area contributed by atoms with Crippen molar-refractivity contribution >= 4 is 17.5 Å². The molecule has 39 heavy (non-hydrogen) atoms. The van der Waals surface area contributed by atoms with Gasteiger partial charge in [0, 0.05) is 23.9 Å². The SMILES string of the molecule is CC(C)(C)OC(=O)NC1(c2ccc(C3N=C4C=CC(c5ccccn5)=CN4C3C3C=CC=CC3)cc2)CCC1. The molecule has 6 nitrogen and oxygen atoms in total. The van der Waals surface area contributed by atoms with Gasteiger partial charge in [0.2, 0.25) is 0 Å². The van der Waals surface area contributed by atoms with Crippen molar-refractivity contribution in [3.63, 3.8) is 0 Å². The van der Waals surface area contributed by atoms with Crippen molar-refractivity contribution < 1.29 is 9.53 Å². The predicted molar refractivity (Wildman–Crippen MR) is 155 cm³/mol. The van der Waals surface area contributed by atoms with Crippen molar-refractivity contribution in [1.82, 2.24) is 15.2 Å². The molecule has 1 saturated carbocycles. The highest BCUT2D eigenvalue weighted by Crippen LogP contribution is 2.44. The fourth-order valence-corrected chi connectivity index (χ4v) is 5.99. The topological polar surface area (TPSA) is 66.8 Å². The van der Waals surface area contributed by atoms with Crippen LogP contribution in [0.5, 0.6) is 0 Å². The number of ether oxygens (including phenoxy) is 1. The maximum absolute atomic E-state index is 12.6. The van der Waals surface area contributed by atoms with Crippen molar-refractivity contribution in [2.75, 3.05) is 0 Å². The van der Waals surface area contributed by atoms with E-state index in [1.54, 1.807) is 0 Å². The highest BCUT2D eigenvalue weighted by atomic mass is 16.6. The quantitative estimate of drug-likeness (QED) is 0.468. The number of pyridine rings is 1. The monoisotopic (exact) mass is 520 g/mol. The molecule has 2 aliphatic carbocycles. The average molecular weight is 521 g/mol. The Bertz CT molecular complexity index is 1380. The normalized spacial score (nSPS) is 24.9. The van der Waals surface area contributed by atoms with Gasteiger partial charge in [-0.3, -0.25) is 9.98 Å². The molecule has 3 heterocycles. The third-order valence-electron chi connectivity index (χ3n) is 8.04.